The SMILES string of the molecule is CC1CCN(S(=O)(=O)N2CCCC(C(=O)NCc3cccnc3)C2)CC1. The maximum Gasteiger partial charge on any atom is 0.281 e. The first-order chi connectivity index (χ1) is 12.5. The molecule has 2 aliphatic heterocycles. The van der Waals surface area contributed by atoms with Gasteiger partial charge in [-0.1, -0.05) is 13.0 Å². The first-order valence-corrected chi connectivity index (χ1v) is 10.8. The molecule has 7 nitrogen and oxygen atoms in total. The molecule has 1 atom stereocenters. The summed E-state index contributed by atoms with van der Waals surface area (Å²) < 4.78 is 28.9. The molecule has 8 heteroatoms. The van der Waals surface area contributed by atoms with Gasteiger partial charge in [0.25, 0.3) is 10.2 Å². The van der Waals surface area contributed by atoms with Gasteiger partial charge in [-0.2, -0.15) is 17.0 Å². The van der Waals surface area contributed by atoms with E-state index in [0.717, 1.165) is 24.8 Å². The minimum Gasteiger partial charge on any atom is -0.352 e. The predicted octanol–water partition coefficient (Wildman–Crippen LogP) is 1.39. The Bertz CT molecular complexity index is 702. The first kappa shape index (κ1) is 19.3. The van der Waals surface area contributed by atoms with Gasteiger partial charge in [0.05, 0.1) is 5.92 Å². The van der Waals surface area contributed by atoms with Crippen LogP contribution in [0.3, 0.4) is 0 Å². The number of pyridine rings is 1. The van der Waals surface area contributed by atoms with E-state index in [1.165, 1.54) is 4.31 Å². The zero-order valence-electron chi connectivity index (χ0n) is 15.3. The van der Waals surface area contributed by atoms with Crippen LogP contribution in [0.25, 0.3) is 0 Å². The smallest absolute Gasteiger partial charge is 0.281 e. The number of carbonyl (C=O) groups is 1. The summed E-state index contributed by atoms with van der Waals surface area (Å²) >= 11 is 0. The number of hydrogen-bond donors (Lipinski definition) is 1. The number of nitrogens with one attached hydrogen (secondary N) is 1. The number of aromatic nitrogens is 1. The molecule has 2 fully saturated rings. The number of rotatable bonds is 5. The molecule has 144 valence electrons. The molecule has 2 aliphatic rings. The van der Waals surface area contributed by atoms with Crippen LogP contribution in [-0.2, 0) is 21.5 Å². The molecular formula is C18H28N4O3S. The van der Waals surface area contributed by atoms with E-state index in [1.54, 1.807) is 16.7 Å². The van der Waals surface area contributed by atoms with Crippen LogP contribution >= 0.6 is 0 Å². The van der Waals surface area contributed by atoms with Crippen LogP contribution in [0.15, 0.2) is 24.5 Å². The fourth-order valence-corrected chi connectivity index (χ4v) is 5.31. The van der Waals surface area contributed by atoms with Gasteiger partial charge < -0.3 is 5.32 Å². The lowest BCUT2D eigenvalue weighted by atomic mass is 9.99. The lowest BCUT2D eigenvalue weighted by Gasteiger charge is -2.37. The van der Waals surface area contributed by atoms with Gasteiger partial charge in [0.2, 0.25) is 5.91 Å². The van der Waals surface area contributed by atoms with Crippen LogP contribution in [0.2, 0.25) is 0 Å². The van der Waals surface area contributed by atoms with Crippen molar-refractivity contribution in [3.63, 3.8) is 0 Å². The second-order valence-electron chi connectivity index (χ2n) is 7.37. The van der Waals surface area contributed by atoms with Crippen molar-refractivity contribution in [2.45, 2.75) is 39.2 Å². The molecule has 0 radical (unpaired) electrons. The molecule has 0 aliphatic carbocycles. The summed E-state index contributed by atoms with van der Waals surface area (Å²) in [5.41, 5.74) is 0.934. The predicted molar refractivity (Wildman–Crippen MR) is 99.3 cm³/mol. The highest BCUT2D eigenvalue weighted by Crippen LogP contribution is 2.25. The van der Waals surface area contributed by atoms with Crippen LogP contribution in [0, 0.1) is 11.8 Å². The number of amides is 1. The second kappa shape index (κ2) is 8.45. The molecule has 2 saturated heterocycles. The van der Waals surface area contributed by atoms with Gasteiger partial charge in [-0.3, -0.25) is 9.78 Å². The van der Waals surface area contributed by atoms with Crippen molar-refractivity contribution in [1.82, 2.24) is 18.9 Å². The minimum absolute atomic E-state index is 0.0824. The first-order valence-electron chi connectivity index (χ1n) is 9.38. The summed E-state index contributed by atoms with van der Waals surface area (Å²) in [6.07, 6.45) is 6.66. The van der Waals surface area contributed by atoms with Crippen molar-refractivity contribution in [3.8, 4) is 0 Å². The van der Waals surface area contributed by atoms with Gasteiger partial charge in [0, 0.05) is 45.1 Å². The van der Waals surface area contributed by atoms with Crippen molar-refractivity contribution in [3.05, 3.63) is 30.1 Å². The molecule has 3 heterocycles. The van der Waals surface area contributed by atoms with Crippen LogP contribution < -0.4 is 5.32 Å². The zero-order chi connectivity index (χ0) is 18.6. The molecule has 1 aromatic heterocycles. The Kier molecular flexibility index (Phi) is 6.26. The zero-order valence-corrected chi connectivity index (χ0v) is 16.1. The maximum absolute atomic E-state index is 12.9. The number of hydrogen-bond acceptors (Lipinski definition) is 4. The Morgan fingerprint density at radius 3 is 2.69 bits per heavy atom. The standard InChI is InChI=1S/C18H28N4O3S/c1-15-6-10-21(11-7-15)26(24,25)22-9-3-5-17(14-22)18(23)20-13-16-4-2-8-19-12-16/h2,4,8,12,15,17H,3,5-7,9-11,13-14H2,1H3,(H,20,23). The van der Waals surface area contributed by atoms with E-state index in [1.807, 2.05) is 12.1 Å². The highest BCUT2D eigenvalue weighted by molar-refractivity contribution is 7.86. The topological polar surface area (TPSA) is 82.6 Å². The van der Waals surface area contributed by atoms with Crippen LogP contribution in [0.4, 0.5) is 0 Å². The van der Waals surface area contributed by atoms with Crippen molar-refractivity contribution in [2.75, 3.05) is 26.2 Å². The number of nitrogens with zero attached hydrogens (tertiary/aromatic N) is 3. The highest BCUT2D eigenvalue weighted by atomic mass is 32.2. The molecular weight excluding hydrogens is 352 g/mol. The lowest BCUT2D eigenvalue weighted by molar-refractivity contribution is -0.126. The summed E-state index contributed by atoms with van der Waals surface area (Å²) in [5.74, 6) is 0.203. The molecule has 1 N–H and O–H groups in total. The maximum atomic E-state index is 12.9. The average molecular weight is 381 g/mol. The third-order valence-corrected chi connectivity index (χ3v) is 7.34. The minimum atomic E-state index is -3.47. The molecule has 0 spiro atoms. The Balaban J connectivity index is 1.57. The van der Waals surface area contributed by atoms with Crippen molar-refractivity contribution in [1.29, 1.82) is 0 Å². The molecule has 1 aromatic rings. The van der Waals surface area contributed by atoms with Crippen LogP contribution in [0.1, 0.15) is 38.2 Å². The monoisotopic (exact) mass is 380 g/mol. The number of piperidine rings is 2. The summed E-state index contributed by atoms with van der Waals surface area (Å²) in [6, 6.07) is 3.73. The summed E-state index contributed by atoms with van der Waals surface area (Å²) in [6.45, 7) is 4.51. The Hall–Kier alpha value is -1.51. The van der Waals surface area contributed by atoms with E-state index < -0.39 is 10.2 Å². The van der Waals surface area contributed by atoms with Crippen LogP contribution in [0.5, 0.6) is 0 Å². The fourth-order valence-electron chi connectivity index (χ4n) is 3.58. The van der Waals surface area contributed by atoms with Gasteiger partial charge in [-0.05, 0) is 43.2 Å². The lowest BCUT2D eigenvalue weighted by Crippen LogP contribution is -2.52. The molecule has 26 heavy (non-hydrogen) atoms. The highest BCUT2D eigenvalue weighted by Gasteiger charge is 2.36. The third kappa shape index (κ3) is 4.61. The van der Waals surface area contributed by atoms with Crippen molar-refractivity contribution >= 4 is 16.1 Å². The van der Waals surface area contributed by atoms with Gasteiger partial charge in [0.1, 0.15) is 0 Å². The van der Waals surface area contributed by atoms with E-state index in [2.05, 4.69) is 17.2 Å². The summed E-state index contributed by atoms with van der Waals surface area (Å²) in [7, 11) is -3.47. The van der Waals surface area contributed by atoms with Gasteiger partial charge in [-0.25, -0.2) is 0 Å². The third-order valence-electron chi connectivity index (χ3n) is 5.34. The summed E-state index contributed by atoms with van der Waals surface area (Å²) in [5, 5.41) is 2.91. The molecule has 0 aromatic carbocycles. The molecule has 0 saturated carbocycles. The number of carbonyl (C=O) groups excluding carboxylic acids is 1. The molecule has 1 amide bonds. The van der Waals surface area contributed by atoms with Crippen LogP contribution in [-0.4, -0.2) is 54.1 Å². The van der Waals surface area contributed by atoms with E-state index in [4.69, 9.17) is 0 Å². The second-order valence-corrected chi connectivity index (χ2v) is 9.29. The molecule has 1 unspecified atom stereocenters. The average Bonchev–Trinajstić information content (AvgIpc) is 2.67. The normalized spacial score (nSPS) is 23.7. The Morgan fingerprint density at radius 1 is 1.23 bits per heavy atom. The Labute approximate surface area is 156 Å². The molecule has 3 rings (SSSR count). The van der Waals surface area contributed by atoms with Crippen molar-refractivity contribution in [2.24, 2.45) is 11.8 Å². The van der Waals surface area contributed by atoms with E-state index in [0.29, 0.717) is 38.5 Å². The summed E-state index contributed by atoms with van der Waals surface area (Å²) in [4.78, 5) is 16.5. The van der Waals surface area contributed by atoms with E-state index >= 15 is 0 Å². The Morgan fingerprint density at radius 2 is 2.00 bits per heavy atom. The van der Waals surface area contributed by atoms with Gasteiger partial charge >= 0.3 is 0 Å². The van der Waals surface area contributed by atoms with Gasteiger partial charge in [-0.15, -0.1) is 0 Å². The van der Waals surface area contributed by atoms with E-state index in [-0.39, 0.29) is 18.4 Å². The quantitative estimate of drug-likeness (QED) is 0.837. The van der Waals surface area contributed by atoms with Crippen molar-refractivity contribution < 1.29 is 13.2 Å². The van der Waals surface area contributed by atoms with E-state index in [9.17, 15) is 13.2 Å². The largest absolute Gasteiger partial charge is 0.352 e. The van der Waals surface area contributed by atoms with Gasteiger partial charge in [0.15, 0.2) is 0 Å². The molecule has 0 bridgehead atoms. The fraction of sp³-hybridized carbons (Fsp3) is 0.667.